The number of esters is 1. The van der Waals surface area contributed by atoms with Crippen LogP contribution in [0.25, 0.3) is 11.8 Å². The lowest BCUT2D eigenvalue weighted by molar-refractivity contribution is -0.138. The molecule has 0 unspecified atom stereocenters. The van der Waals surface area contributed by atoms with Crippen molar-refractivity contribution >= 4 is 97.5 Å². The first-order valence-corrected chi connectivity index (χ1v) is 19.2. The summed E-state index contributed by atoms with van der Waals surface area (Å²) >= 11 is 18.3. The fraction of sp³-hybridized carbons (Fsp3) is 0.184. The molecule has 0 radical (unpaired) electrons. The summed E-state index contributed by atoms with van der Waals surface area (Å²) < 4.78 is 15.9. The van der Waals surface area contributed by atoms with E-state index >= 15 is 0 Å². The third-order valence-corrected chi connectivity index (χ3v) is 11.0. The molecule has 0 saturated carbocycles. The molecule has 1 atom stereocenters. The molecule has 250 valence electrons. The van der Waals surface area contributed by atoms with E-state index in [0.29, 0.717) is 42.3 Å². The Hall–Kier alpha value is -2.97. The SMILES string of the molecule is CCOC(=O)C1=C(c2ccccc2)N=c2s/c(=C\c3cc(I)cc(I)c3OCc3ccc(Cl)cc3Cl)c(=O)n2[C@H]1c1ccc(C(C)C)cc1. The minimum Gasteiger partial charge on any atom is -0.487 e. The molecular formula is C38H30Cl2I2N2O4S. The molecule has 6 nitrogen and oxygen atoms in total. The average Bonchev–Trinajstić information content (AvgIpc) is 3.38. The first kappa shape index (κ1) is 35.8. The molecule has 0 spiro atoms. The number of fused-ring (bicyclic) bond motifs is 1. The van der Waals surface area contributed by atoms with Crippen molar-refractivity contribution in [3.63, 3.8) is 0 Å². The van der Waals surface area contributed by atoms with Crippen molar-refractivity contribution in [2.75, 3.05) is 6.61 Å². The van der Waals surface area contributed by atoms with E-state index < -0.39 is 12.0 Å². The van der Waals surface area contributed by atoms with Gasteiger partial charge in [0.2, 0.25) is 0 Å². The Kier molecular flexibility index (Phi) is 11.3. The summed E-state index contributed by atoms with van der Waals surface area (Å²) in [6, 6.07) is 26.1. The van der Waals surface area contributed by atoms with E-state index in [1.807, 2.05) is 78.9 Å². The van der Waals surface area contributed by atoms with Crippen LogP contribution in [0.15, 0.2) is 100 Å². The van der Waals surface area contributed by atoms with Gasteiger partial charge < -0.3 is 9.47 Å². The zero-order valence-electron chi connectivity index (χ0n) is 26.7. The summed E-state index contributed by atoms with van der Waals surface area (Å²) in [5.74, 6) is 0.427. The lowest BCUT2D eigenvalue weighted by Crippen LogP contribution is -2.40. The lowest BCUT2D eigenvalue weighted by atomic mass is 9.91. The molecule has 0 aliphatic carbocycles. The van der Waals surface area contributed by atoms with Crippen LogP contribution < -0.4 is 19.6 Å². The summed E-state index contributed by atoms with van der Waals surface area (Å²) in [5, 5.41) is 1.06. The third kappa shape index (κ3) is 7.70. The highest BCUT2D eigenvalue weighted by molar-refractivity contribution is 14.1. The minimum atomic E-state index is -0.757. The number of carbonyl (C=O) groups is 1. The van der Waals surface area contributed by atoms with Crippen LogP contribution in [0.5, 0.6) is 5.75 Å². The Bertz CT molecular complexity index is 2270. The van der Waals surface area contributed by atoms with Crippen molar-refractivity contribution in [3.8, 4) is 5.75 Å². The number of ether oxygens (including phenoxy) is 2. The third-order valence-electron chi connectivity index (χ3n) is 8.00. The van der Waals surface area contributed by atoms with E-state index in [1.165, 1.54) is 11.3 Å². The van der Waals surface area contributed by atoms with Gasteiger partial charge in [0.05, 0.1) is 32.0 Å². The second kappa shape index (κ2) is 15.5. The molecule has 0 amide bonds. The molecule has 1 aliphatic heterocycles. The van der Waals surface area contributed by atoms with Gasteiger partial charge in [0.15, 0.2) is 4.80 Å². The fourth-order valence-electron chi connectivity index (χ4n) is 5.59. The predicted octanol–water partition coefficient (Wildman–Crippen LogP) is 9.15. The molecule has 11 heteroatoms. The molecule has 1 aromatic heterocycles. The highest BCUT2D eigenvalue weighted by Gasteiger charge is 2.35. The van der Waals surface area contributed by atoms with Crippen LogP contribution in [0.1, 0.15) is 60.5 Å². The van der Waals surface area contributed by atoms with E-state index in [-0.39, 0.29) is 18.8 Å². The summed E-state index contributed by atoms with van der Waals surface area (Å²) in [4.78, 5) is 33.8. The van der Waals surface area contributed by atoms with Gasteiger partial charge in [-0.1, -0.05) is 109 Å². The largest absolute Gasteiger partial charge is 0.487 e. The maximum absolute atomic E-state index is 14.5. The van der Waals surface area contributed by atoms with Gasteiger partial charge in [-0.05, 0) is 99.5 Å². The van der Waals surface area contributed by atoms with Crippen LogP contribution in [0.2, 0.25) is 10.0 Å². The van der Waals surface area contributed by atoms with Crippen LogP contribution in [-0.4, -0.2) is 17.1 Å². The van der Waals surface area contributed by atoms with Crippen molar-refractivity contribution in [3.05, 3.63) is 155 Å². The van der Waals surface area contributed by atoms with Crippen LogP contribution >= 0.6 is 79.7 Å². The van der Waals surface area contributed by atoms with Crippen molar-refractivity contribution < 1.29 is 14.3 Å². The predicted molar refractivity (Wildman–Crippen MR) is 214 cm³/mol. The normalized spacial score (nSPS) is 14.5. The molecule has 0 N–H and O–H groups in total. The van der Waals surface area contributed by atoms with Crippen molar-refractivity contribution in [2.24, 2.45) is 4.99 Å². The number of hydrogen-bond acceptors (Lipinski definition) is 6. The Labute approximate surface area is 325 Å². The van der Waals surface area contributed by atoms with Crippen LogP contribution in [0.4, 0.5) is 0 Å². The molecule has 0 saturated heterocycles. The summed E-state index contributed by atoms with van der Waals surface area (Å²) in [5.41, 5.74) is 4.76. The van der Waals surface area contributed by atoms with E-state index in [4.69, 9.17) is 37.7 Å². The minimum absolute atomic E-state index is 0.184. The lowest BCUT2D eigenvalue weighted by Gasteiger charge is -2.26. The van der Waals surface area contributed by atoms with E-state index in [1.54, 1.807) is 23.6 Å². The Morgan fingerprint density at radius 2 is 1.76 bits per heavy atom. The molecule has 5 aromatic rings. The van der Waals surface area contributed by atoms with Gasteiger partial charge in [-0.3, -0.25) is 9.36 Å². The topological polar surface area (TPSA) is 69.9 Å². The monoisotopic (exact) mass is 934 g/mol. The first-order valence-electron chi connectivity index (χ1n) is 15.5. The maximum Gasteiger partial charge on any atom is 0.338 e. The summed E-state index contributed by atoms with van der Waals surface area (Å²) in [7, 11) is 0. The molecule has 2 heterocycles. The highest BCUT2D eigenvalue weighted by Crippen LogP contribution is 2.36. The number of hydrogen-bond donors (Lipinski definition) is 0. The van der Waals surface area contributed by atoms with Gasteiger partial charge in [-0.2, -0.15) is 0 Å². The molecule has 4 aromatic carbocycles. The quantitative estimate of drug-likeness (QED) is 0.109. The van der Waals surface area contributed by atoms with Crippen LogP contribution in [0, 0.1) is 7.14 Å². The number of rotatable bonds is 9. The molecule has 1 aliphatic rings. The molecular weight excluding hydrogens is 905 g/mol. The highest BCUT2D eigenvalue weighted by atomic mass is 127. The zero-order valence-corrected chi connectivity index (χ0v) is 33.3. The smallest absolute Gasteiger partial charge is 0.338 e. The number of benzene rings is 4. The summed E-state index contributed by atoms with van der Waals surface area (Å²) in [6.45, 7) is 6.42. The van der Waals surface area contributed by atoms with Crippen molar-refractivity contribution in [1.82, 2.24) is 4.57 Å². The Morgan fingerprint density at radius 1 is 1.02 bits per heavy atom. The standard InChI is InChI=1S/C38H30Cl2I2N2O4S/c1-4-47-37(46)32-33(23-8-6-5-7-9-23)43-38-44(34(32)24-12-10-22(11-13-24)21(2)3)36(45)31(49-38)17-26-16-28(41)19-30(42)35(26)48-20-25-14-15-27(39)18-29(25)40/h5-19,21,34H,4,20H2,1-3H3/b31-17-/t34-/m0/s1. The van der Waals surface area contributed by atoms with Gasteiger partial charge >= 0.3 is 5.97 Å². The zero-order chi connectivity index (χ0) is 34.8. The van der Waals surface area contributed by atoms with Crippen molar-refractivity contribution in [2.45, 2.75) is 39.3 Å². The van der Waals surface area contributed by atoms with E-state index in [9.17, 15) is 9.59 Å². The molecule has 6 rings (SSSR count). The van der Waals surface area contributed by atoms with Gasteiger partial charge in [0.25, 0.3) is 5.56 Å². The Morgan fingerprint density at radius 3 is 2.43 bits per heavy atom. The van der Waals surface area contributed by atoms with Crippen molar-refractivity contribution in [1.29, 1.82) is 0 Å². The summed E-state index contributed by atoms with van der Waals surface area (Å²) in [6.07, 6.45) is 1.84. The second-order valence-corrected chi connectivity index (χ2v) is 15.8. The second-order valence-electron chi connectivity index (χ2n) is 11.6. The molecule has 0 fully saturated rings. The van der Waals surface area contributed by atoms with Crippen LogP contribution in [-0.2, 0) is 16.1 Å². The number of aromatic nitrogens is 1. The van der Waals surface area contributed by atoms with Gasteiger partial charge in [0.1, 0.15) is 12.4 Å². The Balaban J connectivity index is 1.55. The van der Waals surface area contributed by atoms with Crippen LogP contribution in [0.3, 0.4) is 0 Å². The maximum atomic E-state index is 14.5. The molecule has 0 bridgehead atoms. The van der Waals surface area contributed by atoms with E-state index in [2.05, 4.69) is 59.0 Å². The first-order chi connectivity index (χ1) is 23.5. The number of carbonyl (C=O) groups excluding carboxylic acids is 1. The number of halogens is 4. The van der Waals surface area contributed by atoms with Gasteiger partial charge in [-0.25, -0.2) is 9.79 Å². The van der Waals surface area contributed by atoms with E-state index in [0.717, 1.165) is 35.0 Å². The average molecular weight is 935 g/mol. The van der Waals surface area contributed by atoms with Gasteiger partial charge in [-0.15, -0.1) is 0 Å². The van der Waals surface area contributed by atoms with Gasteiger partial charge in [0, 0.05) is 30.3 Å². The number of nitrogens with zero attached hydrogens (tertiary/aromatic N) is 2. The fourth-order valence-corrected chi connectivity index (χ4v) is 9.09. The molecule has 49 heavy (non-hydrogen) atoms. The number of thiazole rings is 1.